The van der Waals surface area contributed by atoms with Gasteiger partial charge in [-0.3, -0.25) is 9.59 Å². The number of hydrogen-bond donors (Lipinski definition) is 2. The van der Waals surface area contributed by atoms with Crippen molar-refractivity contribution in [2.24, 2.45) is 11.0 Å². The van der Waals surface area contributed by atoms with Crippen molar-refractivity contribution in [1.29, 1.82) is 0 Å². The molecule has 0 aliphatic heterocycles. The number of carbonyl (C=O) groups excluding carboxylic acids is 2. The van der Waals surface area contributed by atoms with Crippen molar-refractivity contribution in [2.75, 3.05) is 5.32 Å². The highest BCUT2D eigenvalue weighted by molar-refractivity contribution is 6.39. The Labute approximate surface area is 131 Å². The van der Waals surface area contributed by atoms with E-state index in [1.165, 1.54) is 19.3 Å². The van der Waals surface area contributed by atoms with Gasteiger partial charge in [0, 0.05) is 11.9 Å². The third kappa shape index (κ3) is 4.69. The van der Waals surface area contributed by atoms with Crippen LogP contribution in [0, 0.1) is 19.8 Å². The summed E-state index contributed by atoms with van der Waals surface area (Å²) in [5.41, 5.74) is 4.97. The van der Waals surface area contributed by atoms with Gasteiger partial charge in [0.05, 0.1) is 0 Å². The van der Waals surface area contributed by atoms with Crippen molar-refractivity contribution in [3.63, 3.8) is 0 Å². The van der Waals surface area contributed by atoms with Gasteiger partial charge >= 0.3 is 11.8 Å². The third-order valence-corrected chi connectivity index (χ3v) is 3.94. The van der Waals surface area contributed by atoms with Crippen molar-refractivity contribution in [2.45, 2.75) is 46.0 Å². The van der Waals surface area contributed by atoms with E-state index in [1.54, 1.807) is 12.3 Å². The second kappa shape index (κ2) is 7.73. The van der Waals surface area contributed by atoms with E-state index in [9.17, 15) is 9.59 Å². The van der Waals surface area contributed by atoms with Gasteiger partial charge < -0.3 is 5.32 Å². The Hall–Kier alpha value is -2.17. The average molecular weight is 301 g/mol. The zero-order chi connectivity index (χ0) is 15.9. The van der Waals surface area contributed by atoms with Gasteiger partial charge in [-0.1, -0.05) is 37.0 Å². The van der Waals surface area contributed by atoms with Crippen molar-refractivity contribution in [3.8, 4) is 0 Å². The van der Waals surface area contributed by atoms with Gasteiger partial charge in [-0.2, -0.15) is 5.10 Å². The topological polar surface area (TPSA) is 70.6 Å². The molecular formula is C17H23N3O2. The number of benzene rings is 1. The van der Waals surface area contributed by atoms with E-state index in [0.717, 1.165) is 24.0 Å². The molecule has 5 heteroatoms. The predicted molar refractivity (Wildman–Crippen MR) is 87.8 cm³/mol. The molecule has 2 rings (SSSR count). The highest BCUT2D eigenvalue weighted by Gasteiger charge is 2.15. The van der Waals surface area contributed by atoms with Gasteiger partial charge in [-0.25, -0.2) is 5.43 Å². The number of amides is 2. The standard InChI is InChI=1S/C17H23N3O2/c1-12-8-9-15(13(2)10-12)19-16(21)17(22)20-18-11-14-6-4-3-5-7-14/h8-11,14H,3-7H2,1-2H3,(H,19,21)(H,20,22)/b18-11+. The fraction of sp³-hybridized carbons (Fsp3) is 0.471. The Bertz CT molecular complexity index is 575. The van der Waals surface area contributed by atoms with Crippen LogP contribution in [0.3, 0.4) is 0 Å². The lowest BCUT2D eigenvalue weighted by Gasteiger charge is -2.16. The quantitative estimate of drug-likeness (QED) is 0.512. The Morgan fingerprint density at radius 2 is 1.86 bits per heavy atom. The van der Waals surface area contributed by atoms with Crippen molar-refractivity contribution in [1.82, 2.24) is 5.43 Å². The van der Waals surface area contributed by atoms with Gasteiger partial charge in [0.25, 0.3) is 0 Å². The molecular weight excluding hydrogens is 278 g/mol. The first-order valence-corrected chi connectivity index (χ1v) is 7.78. The molecule has 0 aromatic heterocycles. The summed E-state index contributed by atoms with van der Waals surface area (Å²) < 4.78 is 0. The zero-order valence-electron chi connectivity index (χ0n) is 13.2. The maximum Gasteiger partial charge on any atom is 0.329 e. The summed E-state index contributed by atoms with van der Waals surface area (Å²) in [5, 5.41) is 6.51. The molecule has 0 bridgehead atoms. The molecule has 22 heavy (non-hydrogen) atoms. The van der Waals surface area contributed by atoms with Crippen LogP contribution >= 0.6 is 0 Å². The van der Waals surface area contributed by atoms with Gasteiger partial charge in [-0.15, -0.1) is 0 Å². The lowest BCUT2D eigenvalue weighted by atomic mass is 9.90. The molecule has 5 nitrogen and oxygen atoms in total. The first-order valence-electron chi connectivity index (χ1n) is 7.78. The van der Waals surface area contributed by atoms with E-state index < -0.39 is 11.8 Å². The van der Waals surface area contributed by atoms with Crippen LogP contribution in [0.2, 0.25) is 0 Å². The molecule has 2 amide bonds. The van der Waals surface area contributed by atoms with Crippen molar-refractivity contribution in [3.05, 3.63) is 29.3 Å². The number of anilines is 1. The molecule has 0 spiro atoms. The van der Waals surface area contributed by atoms with Gasteiger partial charge in [0.1, 0.15) is 0 Å². The average Bonchev–Trinajstić information content (AvgIpc) is 2.51. The smallest absolute Gasteiger partial charge is 0.317 e. The number of carbonyl (C=O) groups is 2. The third-order valence-electron chi connectivity index (χ3n) is 3.94. The van der Waals surface area contributed by atoms with Gasteiger partial charge in [0.2, 0.25) is 0 Å². The van der Waals surface area contributed by atoms with Crippen molar-refractivity contribution >= 4 is 23.7 Å². The summed E-state index contributed by atoms with van der Waals surface area (Å²) in [7, 11) is 0. The first kappa shape index (κ1) is 16.2. The van der Waals surface area contributed by atoms with Crippen LogP contribution in [0.5, 0.6) is 0 Å². The van der Waals surface area contributed by atoms with Crippen LogP contribution in [0.1, 0.15) is 43.2 Å². The monoisotopic (exact) mass is 301 g/mol. The SMILES string of the molecule is Cc1ccc(NC(=O)C(=O)N/N=C/C2CCCCC2)c(C)c1. The summed E-state index contributed by atoms with van der Waals surface area (Å²) >= 11 is 0. The van der Waals surface area contributed by atoms with Crippen LogP contribution in [-0.2, 0) is 9.59 Å². The van der Waals surface area contributed by atoms with Crippen LogP contribution in [-0.4, -0.2) is 18.0 Å². The molecule has 1 fully saturated rings. The summed E-state index contributed by atoms with van der Waals surface area (Å²) in [6.45, 7) is 3.87. The Kier molecular flexibility index (Phi) is 5.69. The van der Waals surface area contributed by atoms with E-state index >= 15 is 0 Å². The number of nitrogens with zero attached hydrogens (tertiary/aromatic N) is 1. The summed E-state index contributed by atoms with van der Waals surface area (Å²) in [4.78, 5) is 23.6. The molecule has 1 aromatic carbocycles. The Morgan fingerprint density at radius 1 is 1.14 bits per heavy atom. The second-order valence-corrected chi connectivity index (χ2v) is 5.89. The zero-order valence-corrected chi connectivity index (χ0v) is 13.2. The molecule has 1 aliphatic carbocycles. The predicted octanol–water partition coefficient (Wildman–Crippen LogP) is 2.92. The molecule has 0 heterocycles. The van der Waals surface area contributed by atoms with Gasteiger partial charge in [0.15, 0.2) is 0 Å². The molecule has 1 saturated carbocycles. The van der Waals surface area contributed by atoms with E-state index in [1.807, 2.05) is 26.0 Å². The fourth-order valence-corrected chi connectivity index (χ4v) is 2.67. The van der Waals surface area contributed by atoms with E-state index in [2.05, 4.69) is 15.8 Å². The second-order valence-electron chi connectivity index (χ2n) is 5.89. The number of nitrogens with one attached hydrogen (secondary N) is 2. The molecule has 0 saturated heterocycles. The lowest BCUT2D eigenvalue weighted by Crippen LogP contribution is -2.32. The Morgan fingerprint density at radius 3 is 2.55 bits per heavy atom. The summed E-state index contributed by atoms with van der Waals surface area (Å²) in [5.74, 6) is -1.03. The van der Waals surface area contributed by atoms with Crippen LogP contribution in [0.25, 0.3) is 0 Å². The van der Waals surface area contributed by atoms with Crippen LogP contribution in [0.4, 0.5) is 5.69 Å². The summed E-state index contributed by atoms with van der Waals surface area (Å²) in [6.07, 6.45) is 7.65. The largest absolute Gasteiger partial charge is 0.329 e. The minimum Gasteiger partial charge on any atom is -0.317 e. The highest BCUT2D eigenvalue weighted by Crippen LogP contribution is 2.21. The van der Waals surface area contributed by atoms with E-state index in [-0.39, 0.29) is 0 Å². The maximum absolute atomic E-state index is 11.8. The number of aryl methyl sites for hydroxylation is 2. The minimum atomic E-state index is -0.743. The van der Waals surface area contributed by atoms with E-state index in [0.29, 0.717) is 11.6 Å². The maximum atomic E-state index is 11.8. The van der Waals surface area contributed by atoms with Crippen LogP contribution in [0.15, 0.2) is 23.3 Å². The number of rotatable bonds is 3. The number of hydrazone groups is 1. The fourth-order valence-electron chi connectivity index (χ4n) is 2.67. The van der Waals surface area contributed by atoms with Gasteiger partial charge in [-0.05, 0) is 44.2 Å². The van der Waals surface area contributed by atoms with Crippen molar-refractivity contribution < 1.29 is 9.59 Å². The summed E-state index contributed by atoms with van der Waals surface area (Å²) in [6, 6.07) is 5.64. The lowest BCUT2D eigenvalue weighted by molar-refractivity contribution is -0.136. The Balaban J connectivity index is 1.84. The molecule has 0 atom stereocenters. The minimum absolute atomic E-state index is 0.413. The van der Waals surface area contributed by atoms with E-state index in [4.69, 9.17) is 0 Å². The molecule has 0 radical (unpaired) electrons. The molecule has 0 unspecified atom stereocenters. The normalized spacial score (nSPS) is 15.7. The number of hydrogen-bond acceptors (Lipinski definition) is 3. The molecule has 1 aliphatic rings. The highest BCUT2D eigenvalue weighted by atomic mass is 16.2. The molecule has 2 N–H and O–H groups in total. The molecule has 118 valence electrons. The molecule has 1 aromatic rings. The van der Waals surface area contributed by atoms with Crippen LogP contribution < -0.4 is 10.7 Å². The first-order chi connectivity index (χ1) is 10.6.